The average molecular weight is 489 g/mol. The molecular weight excluding hydrogens is 468 g/mol. The highest BCUT2D eigenvalue weighted by Gasteiger charge is 2.64. The molecule has 0 bridgehead atoms. The van der Waals surface area contributed by atoms with Crippen LogP contribution in [0.1, 0.15) is 53.9 Å². The molecule has 11 heteroatoms. The summed E-state index contributed by atoms with van der Waals surface area (Å²) in [5.41, 5.74) is -4.23. The third-order valence-electron chi connectivity index (χ3n) is 5.42. The molecule has 0 spiro atoms. The van der Waals surface area contributed by atoms with E-state index in [9.17, 15) is 37.4 Å². The van der Waals surface area contributed by atoms with E-state index in [1.165, 1.54) is 32.2 Å². The zero-order valence-electron chi connectivity index (χ0n) is 17.7. The van der Waals surface area contributed by atoms with Crippen LogP contribution in [0.3, 0.4) is 0 Å². The van der Waals surface area contributed by atoms with Gasteiger partial charge in [-0.05, 0) is 50.5 Å². The van der Waals surface area contributed by atoms with Crippen LogP contribution in [0.2, 0.25) is 5.02 Å². The van der Waals surface area contributed by atoms with E-state index in [1.54, 1.807) is 0 Å². The first kappa shape index (κ1) is 24.9. The molecule has 33 heavy (non-hydrogen) atoms. The number of aromatic hydroxyl groups is 1. The molecule has 1 aromatic heterocycles. The van der Waals surface area contributed by atoms with Gasteiger partial charge in [0.05, 0.1) is 10.6 Å². The van der Waals surface area contributed by atoms with Crippen LogP contribution in [0.5, 0.6) is 5.75 Å². The summed E-state index contributed by atoms with van der Waals surface area (Å²) in [5, 5.41) is 21.8. The molecule has 0 atom stereocenters. The van der Waals surface area contributed by atoms with Crippen LogP contribution in [0.4, 0.5) is 17.6 Å². The van der Waals surface area contributed by atoms with Gasteiger partial charge in [0.25, 0.3) is 5.91 Å². The van der Waals surface area contributed by atoms with Gasteiger partial charge in [0, 0.05) is 30.2 Å². The number of ketones is 1. The number of Topliss-reactive ketones (excluding diaryl/α,β-unsaturated/α-hetero) is 1. The van der Waals surface area contributed by atoms with Crippen LogP contribution in [-0.4, -0.2) is 38.6 Å². The highest BCUT2D eigenvalue weighted by atomic mass is 35.5. The Balaban J connectivity index is 1.73. The molecular formula is C22H21ClF4N2O4. The minimum Gasteiger partial charge on any atom is -0.506 e. The smallest absolute Gasteiger partial charge is 0.411 e. The second-order valence-electron chi connectivity index (χ2n) is 8.58. The predicted octanol–water partition coefficient (Wildman–Crippen LogP) is 3.99. The summed E-state index contributed by atoms with van der Waals surface area (Å²) in [5.74, 6) is -2.98. The van der Waals surface area contributed by atoms with Crippen molar-refractivity contribution in [3.05, 3.63) is 57.6 Å². The molecule has 1 aliphatic carbocycles. The number of hydrogen-bond acceptors (Lipinski definition) is 5. The number of rotatable bonds is 7. The molecule has 1 amide bonds. The number of carbonyl (C=O) groups excluding carboxylic acids is 2. The van der Waals surface area contributed by atoms with E-state index < -0.39 is 52.0 Å². The molecule has 6 nitrogen and oxygen atoms in total. The number of carbonyl (C=O) groups is 2. The third-order valence-corrected chi connectivity index (χ3v) is 5.83. The quantitative estimate of drug-likeness (QED) is 0.512. The maximum Gasteiger partial charge on any atom is 0.411 e. The molecule has 1 fully saturated rings. The standard InChI is InChI=1S/C22H21ClF4N2O4/c1-20(2,33)14-10-15(24)13(17(23)18(14)31)9-12(30)7-11-3-6-28-16(8-11)19(32)29-21(4-5-21)22(25,26)27/h3,6,8,10,31,33H,4-5,7,9H2,1-2H3,(H,29,32). The lowest BCUT2D eigenvalue weighted by atomic mass is 9.93. The number of phenolic OH excluding ortho intramolecular Hbond substituents is 1. The molecule has 2 aromatic rings. The SMILES string of the molecule is CC(C)(O)c1cc(F)c(CC(=O)Cc2ccnc(C(=O)NC3(C(F)(F)F)CC3)c2)c(Cl)c1O. The number of hydrogen-bond donors (Lipinski definition) is 3. The first-order valence-corrected chi connectivity index (χ1v) is 10.3. The average Bonchev–Trinajstić information content (AvgIpc) is 3.48. The van der Waals surface area contributed by atoms with E-state index in [2.05, 4.69) is 4.98 Å². The lowest BCUT2D eigenvalue weighted by Gasteiger charge is -2.21. The first-order chi connectivity index (χ1) is 15.1. The van der Waals surface area contributed by atoms with Crippen LogP contribution in [0, 0.1) is 5.82 Å². The summed E-state index contributed by atoms with van der Waals surface area (Å²) >= 11 is 6.02. The van der Waals surface area contributed by atoms with Gasteiger partial charge < -0.3 is 15.5 Å². The molecule has 178 valence electrons. The summed E-state index contributed by atoms with van der Waals surface area (Å²) in [6.45, 7) is 2.67. The topological polar surface area (TPSA) is 99.5 Å². The van der Waals surface area contributed by atoms with Crippen molar-refractivity contribution in [3.63, 3.8) is 0 Å². The molecule has 1 heterocycles. The number of phenols is 1. The second kappa shape index (κ2) is 8.57. The van der Waals surface area contributed by atoms with Gasteiger partial charge in [-0.3, -0.25) is 14.6 Å². The van der Waals surface area contributed by atoms with Gasteiger partial charge in [-0.1, -0.05) is 11.6 Å². The Bertz CT molecular complexity index is 1110. The summed E-state index contributed by atoms with van der Waals surface area (Å²) in [4.78, 5) is 28.5. The fourth-order valence-electron chi connectivity index (χ4n) is 3.36. The molecule has 1 aliphatic rings. The fraction of sp³-hybridized carbons (Fsp3) is 0.409. The third kappa shape index (κ3) is 5.27. The van der Waals surface area contributed by atoms with Crippen LogP contribution < -0.4 is 5.32 Å². The molecule has 0 saturated heterocycles. The molecule has 3 rings (SSSR count). The van der Waals surface area contributed by atoms with Gasteiger partial charge >= 0.3 is 6.18 Å². The number of aromatic nitrogens is 1. The van der Waals surface area contributed by atoms with Crippen LogP contribution in [0.25, 0.3) is 0 Å². The number of amides is 1. The zero-order chi connectivity index (χ0) is 24.8. The molecule has 1 aromatic carbocycles. The molecule has 0 unspecified atom stereocenters. The summed E-state index contributed by atoms with van der Waals surface area (Å²) in [7, 11) is 0. The molecule has 3 N–H and O–H groups in total. The Hall–Kier alpha value is -2.72. The van der Waals surface area contributed by atoms with Crippen molar-refractivity contribution >= 4 is 23.3 Å². The van der Waals surface area contributed by atoms with Crippen molar-refractivity contribution in [3.8, 4) is 5.75 Å². The van der Waals surface area contributed by atoms with Gasteiger partial charge in [0.1, 0.15) is 28.6 Å². The first-order valence-electron chi connectivity index (χ1n) is 9.93. The normalized spacial score (nSPS) is 15.3. The van der Waals surface area contributed by atoms with E-state index >= 15 is 0 Å². The number of nitrogens with zero attached hydrogens (tertiary/aromatic N) is 1. The summed E-state index contributed by atoms with van der Waals surface area (Å²) < 4.78 is 53.7. The minimum atomic E-state index is -4.58. The van der Waals surface area contributed by atoms with Crippen molar-refractivity contribution < 1.29 is 37.4 Å². The van der Waals surface area contributed by atoms with Crippen LogP contribution >= 0.6 is 11.6 Å². The molecule has 0 aliphatic heterocycles. The molecule has 1 saturated carbocycles. The van der Waals surface area contributed by atoms with Crippen molar-refractivity contribution in [2.45, 2.75) is 56.8 Å². The second-order valence-corrected chi connectivity index (χ2v) is 8.96. The Kier molecular flexibility index (Phi) is 6.47. The van der Waals surface area contributed by atoms with Gasteiger partial charge in [0.15, 0.2) is 0 Å². The highest BCUT2D eigenvalue weighted by molar-refractivity contribution is 6.33. The Morgan fingerprint density at radius 2 is 1.85 bits per heavy atom. The van der Waals surface area contributed by atoms with E-state index in [0.29, 0.717) is 0 Å². The van der Waals surface area contributed by atoms with E-state index in [1.807, 2.05) is 5.32 Å². The predicted molar refractivity (Wildman–Crippen MR) is 110 cm³/mol. The van der Waals surface area contributed by atoms with Crippen LogP contribution in [-0.2, 0) is 23.2 Å². The summed E-state index contributed by atoms with van der Waals surface area (Å²) in [6, 6.07) is 3.48. The number of nitrogens with one attached hydrogen (secondary N) is 1. The van der Waals surface area contributed by atoms with Crippen molar-refractivity contribution in [2.24, 2.45) is 0 Å². The zero-order valence-corrected chi connectivity index (χ0v) is 18.4. The van der Waals surface area contributed by atoms with Crippen molar-refractivity contribution in [2.75, 3.05) is 0 Å². The monoisotopic (exact) mass is 488 g/mol. The number of aliphatic hydroxyl groups is 1. The summed E-state index contributed by atoms with van der Waals surface area (Å²) in [6.07, 6.45) is -4.60. The Morgan fingerprint density at radius 3 is 2.39 bits per heavy atom. The maximum absolute atomic E-state index is 14.5. The van der Waals surface area contributed by atoms with E-state index in [0.717, 1.165) is 6.07 Å². The largest absolute Gasteiger partial charge is 0.506 e. The minimum absolute atomic E-state index is 0.140. The Morgan fingerprint density at radius 1 is 1.21 bits per heavy atom. The highest BCUT2D eigenvalue weighted by Crippen LogP contribution is 2.49. The number of pyridine rings is 1. The number of halogens is 5. The number of benzene rings is 1. The van der Waals surface area contributed by atoms with E-state index in [4.69, 9.17) is 11.6 Å². The molecule has 0 radical (unpaired) electrons. The lowest BCUT2D eigenvalue weighted by molar-refractivity contribution is -0.163. The van der Waals surface area contributed by atoms with Crippen molar-refractivity contribution in [1.29, 1.82) is 0 Å². The van der Waals surface area contributed by atoms with Gasteiger partial charge in [-0.2, -0.15) is 13.2 Å². The van der Waals surface area contributed by atoms with Gasteiger partial charge in [-0.15, -0.1) is 0 Å². The fourth-order valence-corrected chi connectivity index (χ4v) is 3.62. The number of alkyl halides is 3. The lowest BCUT2D eigenvalue weighted by Crippen LogP contribution is -2.48. The van der Waals surface area contributed by atoms with Gasteiger partial charge in [-0.25, -0.2) is 4.39 Å². The maximum atomic E-state index is 14.5. The van der Waals surface area contributed by atoms with E-state index in [-0.39, 0.29) is 41.6 Å². The Labute approximate surface area is 191 Å². The van der Waals surface area contributed by atoms with Crippen molar-refractivity contribution in [1.82, 2.24) is 10.3 Å². The van der Waals surface area contributed by atoms with Gasteiger partial charge in [0.2, 0.25) is 0 Å². The van der Waals surface area contributed by atoms with Crippen LogP contribution in [0.15, 0.2) is 24.4 Å².